The fourth-order valence-corrected chi connectivity index (χ4v) is 3.94. The van der Waals surface area contributed by atoms with E-state index in [0.29, 0.717) is 25.1 Å². The highest BCUT2D eigenvalue weighted by molar-refractivity contribution is 7.98. The Morgan fingerprint density at radius 3 is 2.65 bits per heavy atom. The van der Waals surface area contributed by atoms with Gasteiger partial charge in [0.2, 0.25) is 0 Å². The Labute approximate surface area is 185 Å². The lowest BCUT2D eigenvalue weighted by Crippen LogP contribution is -2.25. The summed E-state index contributed by atoms with van der Waals surface area (Å²) in [7, 11) is 0. The van der Waals surface area contributed by atoms with Crippen molar-refractivity contribution >= 4 is 28.6 Å². The Hall–Kier alpha value is -3.38. The summed E-state index contributed by atoms with van der Waals surface area (Å²) in [5.74, 6) is 1.55. The lowest BCUT2D eigenvalue weighted by atomic mass is 10.2. The smallest absolute Gasteiger partial charge is 0.251 e. The fraction of sp³-hybridized carbons (Fsp3) is 0.160. The molecule has 0 radical (unpaired) electrons. The van der Waals surface area contributed by atoms with Crippen LogP contribution in [0.5, 0.6) is 5.75 Å². The minimum absolute atomic E-state index is 0.0735. The lowest BCUT2D eigenvalue weighted by molar-refractivity contribution is 0.0951. The summed E-state index contributed by atoms with van der Waals surface area (Å²) in [5.41, 5.74) is 2.69. The Kier molecular flexibility index (Phi) is 7.13. The van der Waals surface area contributed by atoms with E-state index in [-0.39, 0.29) is 5.91 Å². The summed E-state index contributed by atoms with van der Waals surface area (Å²) < 4.78 is 5.86. The molecule has 0 atom stereocenters. The summed E-state index contributed by atoms with van der Waals surface area (Å²) in [6.45, 7) is 1.06. The molecule has 0 aliphatic heterocycles. The Balaban J connectivity index is 1.20. The fourth-order valence-electron chi connectivity index (χ4n) is 3.10. The number of para-hydroxylation sites is 1. The number of nitrogens with one attached hydrogen (secondary N) is 1. The first kappa shape index (κ1) is 20.9. The first-order valence-corrected chi connectivity index (χ1v) is 11.1. The van der Waals surface area contributed by atoms with Gasteiger partial charge in [0.05, 0.1) is 6.61 Å². The molecule has 0 fully saturated rings. The van der Waals surface area contributed by atoms with Crippen LogP contribution in [0.15, 0.2) is 90.2 Å². The number of hydrogen-bond donors (Lipinski definition) is 1. The van der Waals surface area contributed by atoms with E-state index >= 15 is 0 Å². The van der Waals surface area contributed by atoms with Crippen molar-refractivity contribution in [1.82, 2.24) is 15.3 Å². The molecule has 31 heavy (non-hydrogen) atoms. The normalized spacial score (nSPS) is 10.7. The van der Waals surface area contributed by atoms with Crippen LogP contribution in [0.1, 0.15) is 22.3 Å². The van der Waals surface area contributed by atoms with Crippen LogP contribution in [-0.2, 0) is 5.75 Å². The van der Waals surface area contributed by atoms with Gasteiger partial charge in [0.25, 0.3) is 5.91 Å². The summed E-state index contributed by atoms with van der Waals surface area (Å²) in [4.78, 5) is 22.0. The van der Waals surface area contributed by atoms with Crippen molar-refractivity contribution in [2.45, 2.75) is 17.1 Å². The number of benzene rings is 2. The third kappa shape index (κ3) is 5.83. The molecule has 4 rings (SSSR count). The van der Waals surface area contributed by atoms with Gasteiger partial charge < -0.3 is 10.1 Å². The number of carbonyl (C=O) groups is 1. The third-order valence-electron chi connectivity index (χ3n) is 4.70. The largest absolute Gasteiger partial charge is 0.491 e. The van der Waals surface area contributed by atoms with Gasteiger partial charge in [0.15, 0.2) is 0 Å². The van der Waals surface area contributed by atoms with Crippen molar-refractivity contribution in [3.05, 3.63) is 96.4 Å². The predicted molar refractivity (Wildman–Crippen MR) is 124 cm³/mol. The van der Waals surface area contributed by atoms with Crippen LogP contribution < -0.4 is 10.1 Å². The average Bonchev–Trinajstić information content (AvgIpc) is 2.83. The number of aromatic nitrogens is 2. The minimum atomic E-state index is -0.0735. The van der Waals surface area contributed by atoms with Crippen molar-refractivity contribution in [3.8, 4) is 5.75 Å². The monoisotopic (exact) mass is 429 g/mol. The van der Waals surface area contributed by atoms with Gasteiger partial charge in [0, 0.05) is 46.7 Å². The first-order chi connectivity index (χ1) is 15.3. The quantitative estimate of drug-likeness (QED) is 0.295. The number of carbonyl (C=O) groups excluding carboxylic acids is 1. The van der Waals surface area contributed by atoms with Gasteiger partial charge in [-0.3, -0.25) is 14.8 Å². The van der Waals surface area contributed by atoms with E-state index in [1.807, 2.05) is 66.9 Å². The van der Waals surface area contributed by atoms with E-state index in [9.17, 15) is 4.79 Å². The molecule has 4 aromatic rings. The molecule has 0 aliphatic rings. The second-order valence-corrected chi connectivity index (χ2v) is 8.01. The molecule has 0 aliphatic carbocycles. The van der Waals surface area contributed by atoms with Gasteiger partial charge in [-0.1, -0.05) is 24.3 Å². The van der Waals surface area contributed by atoms with E-state index in [0.717, 1.165) is 27.3 Å². The van der Waals surface area contributed by atoms with Crippen LogP contribution in [0, 0.1) is 0 Å². The number of amides is 1. The molecule has 0 unspecified atom stereocenters. The molecule has 0 bridgehead atoms. The lowest BCUT2D eigenvalue weighted by Gasteiger charge is -2.09. The molecule has 5 nitrogen and oxygen atoms in total. The van der Waals surface area contributed by atoms with Crippen LogP contribution >= 0.6 is 11.8 Å². The van der Waals surface area contributed by atoms with E-state index in [1.54, 1.807) is 24.2 Å². The third-order valence-corrected chi connectivity index (χ3v) is 5.79. The van der Waals surface area contributed by atoms with Crippen LogP contribution in [0.4, 0.5) is 0 Å². The molecule has 0 saturated heterocycles. The Morgan fingerprint density at radius 2 is 1.81 bits per heavy atom. The Morgan fingerprint density at radius 1 is 0.968 bits per heavy atom. The van der Waals surface area contributed by atoms with Gasteiger partial charge in [-0.25, -0.2) is 0 Å². The summed E-state index contributed by atoms with van der Waals surface area (Å²) in [6, 6.07) is 21.5. The standard InChI is InChI=1S/C25H23N3O2S/c29-25(21-9-11-22(12-10-21)31-18-19-5-2-13-26-17-19)28-15-4-16-30-23-8-1-6-20-7-3-14-27-24(20)23/h1-3,5-14,17H,4,15-16,18H2,(H,28,29). The van der Waals surface area contributed by atoms with Gasteiger partial charge >= 0.3 is 0 Å². The number of nitrogens with zero attached hydrogens (tertiary/aromatic N) is 2. The second kappa shape index (κ2) is 10.6. The molecule has 0 saturated carbocycles. The SMILES string of the molecule is O=C(NCCCOc1cccc2cccnc12)c1ccc(SCc2cccnc2)cc1. The number of pyridine rings is 2. The maximum absolute atomic E-state index is 12.4. The molecule has 2 heterocycles. The summed E-state index contributed by atoms with van der Waals surface area (Å²) in [6.07, 6.45) is 6.12. The zero-order valence-electron chi connectivity index (χ0n) is 17.0. The maximum atomic E-state index is 12.4. The van der Waals surface area contributed by atoms with E-state index < -0.39 is 0 Å². The van der Waals surface area contributed by atoms with Crippen LogP contribution in [-0.4, -0.2) is 29.0 Å². The van der Waals surface area contributed by atoms with E-state index in [1.165, 1.54) is 5.56 Å². The maximum Gasteiger partial charge on any atom is 0.251 e. The molecule has 1 N–H and O–H groups in total. The highest BCUT2D eigenvalue weighted by Gasteiger charge is 2.06. The van der Waals surface area contributed by atoms with Crippen molar-refractivity contribution in [3.63, 3.8) is 0 Å². The van der Waals surface area contributed by atoms with Gasteiger partial charge in [-0.2, -0.15) is 0 Å². The molecule has 2 aromatic carbocycles. The van der Waals surface area contributed by atoms with Crippen molar-refractivity contribution in [2.75, 3.05) is 13.2 Å². The first-order valence-electron chi connectivity index (χ1n) is 10.2. The van der Waals surface area contributed by atoms with Crippen molar-refractivity contribution in [1.29, 1.82) is 0 Å². The molecular weight excluding hydrogens is 406 g/mol. The zero-order chi connectivity index (χ0) is 21.3. The average molecular weight is 430 g/mol. The van der Waals surface area contributed by atoms with Crippen LogP contribution in [0.3, 0.4) is 0 Å². The highest BCUT2D eigenvalue weighted by Crippen LogP contribution is 2.23. The molecule has 0 spiro atoms. The number of fused-ring (bicyclic) bond motifs is 1. The number of hydrogen-bond acceptors (Lipinski definition) is 5. The van der Waals surface area contributed by atoms with Gasteiger partial charge in [-0.05, 0) is 54.4 Å². The minimum Gasteiger partial charge on any atom is -0.491 e. The number of rotatable bonds is 9. The van der Waals surface area contributed by atoms with Crippen LogP contribution in [0.25, 0.3) is 10.9 Å². The van der Waals surface area contributed by atoms with E-state index in [4.69, 9.17) is 4.74 Å². The summed E-state index contributed by atoms with van der Waals surface area (Å²) >= 11 is 1.72. The molecule has 6 heteroatoms. The molecule has 2 aromatic heterocycles. The van der Waals surface area contributed by atoms with Crippen molar-refractivity contribution < 1.29 is 9.53 Å². The number of ether oxygens (including phenoxy) is 1. The molecule has 156 valence electrons. The van der Waals surface area contributed by atoms with Gasteiger partial charge in [-0.15, -0.1) is 11.8 Å². The topological polar surface area (TPSA) is 64.1 Å². The van der Waals surface area contributed by atoms with Crippen LogP contribution in [0.2, 0.25) is 0 Å². The Bertz CT molecular complexity index is 1130. The van der Waals surface area contributed by atoms with Gasteiger partial charge in [0.1, 0.15) is 11.3 Å². The van der Waals surface area contributed by atoms with E-state index in [2.05, 4.69) is 21.4 Å². The summed E-state index contributed by atoms with van der Waals surface area (Å²) in [5, 5.41) is 4.00. The highest BCUT2D eigenvalue weighted by atomic mass is 32.2. The predicted octanol–water partition coefficient (Wildman–Crippen LogP) is 5.12. The molecular formula is C25H23N3O2S. The number of thioether (sulfide) groups is 1. The zero-order valence-corrected chi connectivity index (χ0v) is 17.8. The molecule has 1 amide bonds. The van der Waals surface area contributed by atoms with Crippen molar-refractivity contribution in [2.24, 2.45) is 0 Å². The second-order valence-electron chi connectivity index (χ2n) is 6.96.